The molecule has 0 saturated heterocycles. The molecule has 0 bridgehead atoms. The molecule has 130 valence electrons. The van der Waals surface area contributed by atoms with E-state index in [2.05, 4.69) is 34.5 Å². The van der Waals surface area contributed by atoms with Gasteiger partial charge in [0, 0.05) is 13.6 Å². The van der Waals surface area contributed by atoms with Crippen LogP contribution in [0.15, 0.2) is 47.7 Å². The minimum atomic E-state index is -0.258. The highest BCUT2D eigenvalue weighted by Crippen LogP contribution is 2.17. The quantitative estimate of drug-likeness (QED) is 0.737. The Hall–Kier alpha value is -2.96. The minimum absolute atomic E-state index is 0.0453. The molecule has 0 aliphatic rings. The molecule has 25 heavy (non-hydrogen) atoms. The molecule has 1 N–H and O–H groups in total. The number of amides is 1. The van der Waals surface area contributed by atoms with Crippen LogP contribution in [0.4, 0.5) is 0 Å². The summed E-state index contributed by atoms with van der Waals surface area (Å²) in [6.07, 6.45) is 3.70. The van der Waals surface area contributed by atoms with Gasteiger partial charge in [0.2, 0.25) is 5.91 Å². The van der Waals surface area contributed by atoms with Crippen LogP contribution in [0.25, 0.3) is 11.0 Å². The van der Waals surface area contributed by atoms with Gasteiger partial charge >= 0.3 is 0 Å². The predicted octanol–water partition coefficient (Wildman–Crippen LogP) is 1.44. The van der Waals surface area contributed by atoms with Gasteiger partial charge < -0.3 is 5.32 Å². The SMILES string of the molecule is C[C@@H](CCNC(=O)Cn1cnc2c(cnn2C)c1=O)c1ccccc1. The zero-order valence-electron chi connectivity index (χ0n) is 14.3. The third kappa shape index (κ3) is 3.76. The molecule has 0 fully saturated rings. The summed E-state index contributed by atoms with van der Waals surface area (Å²) in [5.74, 6) is 0.157. The second-order valence-electron chi connectivity index (χ2n) is 6.13. The molecule has 0 aliphatic heterocycles. The van der Waals surface area contributed by atoms with Gasteiger partial charge in [-0.25, -0.2) is 4.98 Å². The summed E-state index contributed by atoms with van der Waals surface area (Å²) in [6, 6.07) is 10.2. The number of benzene rings is 1. The molecule has 7 heteroatoms. The first-order valence-electron chi connectivity index (χ1n) is 8.25. The number of aryl methyl sites for hydroxylation is 1. The van der Waals surface area contributed by atoms with Gasteiger partial charge in [-0.05, 0) is 17.9 Å². The Bertz CT molecular complexity index is 930. The zero-order chi connectivity index (χ0) is 17.8. The third-order valence-corrected chi connectivity index (χ3v) is 4.30. The van der Waals surface area contributed by atoms with Crippen LogP contribution in [0.5, 0.6) is 0 Å². The Kier molecular flexibility index (Phi) is 4.92. The summed E-state index contributed by atoms with van der Waals surface area (Å²) in [5, 5.41) is 7.29. The molecule has 7 nitrogen and oxygen atoms in total. The van der Waals surface area contributed by atoms with Crippen LogP contribution < -0.4 is 10.9 Å². The molecule has 1 aromatic carbocycles. The van der Waals surface area contributed by atoms with Crippen LogP contribution in [0.1, 0.15) is 24.8 Å². The largest absolute Gasteiger partial charge is 0.355 e. The van der Waals surface area contributed by atoms with E-state index in [4.69, 9.17) is 0 Å². The smallest absolute Gasteiger partial charge is 0.264 e. The standard InChI is InChI=1S/C18H21N5O2/c1-13(14-6-4-3-5-7-14)8-9-19-16(24)11-23-12-20-17-15(18(23)25)10-21-22(17)2/h3-7,10,12-13H,8-9,11H2,1-2H3,(H,19,24)/t13-/m0/s1. The molecule has 0 radical (unpaired) electrons. The Morgan fingerprint density at radius 2 is 2.04 bits per heavy atom. The van der Waals surface area contributed by atoms with Gasteiger partial charge in [0.25, 0.3) is 5.56 Å². The lowest BCUT2D eigenvalue weighted by molar-refractivity contribution is -0.121. The van der Waals surface area contributed by atoms with Crippen molar-refractivity contribution in [3.05, 3.63) is 58.8 Å². The van der Waals surface area contributed by atoms with Crippen LogP contribution in [-0.4, -0.2) is 31.8 Å². The number of carbonyl (C=O) groups is 1. The Balaban J connectivity index is 1.56. The number of carbonyl (C=O) groups excluding carboxylic acids is 1. The first-order valence-corrected chi connectivity index (χ1v) is 8.25. The van der Waals surface area contributed by atoms with E-state index in [1.54, 1.807) is 7.05 Å². The predicted molar refractivity (Wildman–Crippen MR) is 95.3 cm³/mol. The number of rotatable bonds is 6. The Morgan fingerprint density at radius 1 is 1.28 bits per heavy atom. The second-order valence-corrected chi connectivity index (χ2v) is 6.13. The minimum Gasteiger partial charge on any atom is -0.355 e. The van der Waals surface area contributed by atoms with Crippen molar-refractivity contribution in [1.82, 2.24) is 24.6 Å². The molecule has 0 aliphatic carbocycles. The second kappa shape index (κ2) is 7.29. The van der Waals surface area contributed by atoms with Crippen molar-refractivity contribution in [3.63, 3.8) is 0 Å². The first kappa shape index (κ1) is 16.9. The fourth-order valence-electron chi connectivity index (χ4n) is 2.77. The maximum Gasteiger partial charge on any atom is 0.264 e. The van der Waals surface area contributed by atoms with Crippen molar-refractivity contribution < 1.29 is 4.79 Å². The lowest BCUT2D eigenvalue weighted by atomic mass is 9.98. The van der Waals surface area contributed by atoms with Crippen LogP contribution in [0.3, 0.4) is 0 Å². The summed E-state index contributed by atoms with van der Waals surface area (Å²) >= 11 is 0. The van der Waals surface area contributed by atoms with E-state index in [1.807, 2.05) is 18.2 Å². The van der Waals surface area contributed by atoms with Gasteiger partial charge in [0.05, 0.1) is 6.20 Å². The highest BCUT2D eigenvalue weighted by Gasteiger charge is 2.11. The van der Waals surface area contributed by atoms with Gasteiger partial charge in [-0.3, -0.25) is 18.8 Å². The molecule has 0 spiro atoms. The van der Waals surface area contributed by atoms with Crippen LogP contribution in [0.2, 0.25) is 0 Å². The molecule has 3 aromatic rings. The van der Waals surface area contributed by atoms with Crippen molar-refractivity contribution in [1.29, 1.82) is 0 Å². The molecular weight excluding hydrogens is 318 g/mol. The molecule has 2 aromatic heterocycles. The highest BCUT2D eigenvalue weighted by atomic mass is 16.2. The highest BCUT2D eigenvalue weighted by molar-refractivity contribution is 5.77. The summed E-state index contributed by atoms with van der Waals surface area (Å²) in [4.78, 5) is 28.6. The number of nitrogens with zero attached hydrogens (tertiary/aromatic N) is 4. The van der Waals surface area contributed by atoms with Crippen molar-refractivity contribution in [2.24, 2.45) is 7.05 Å². The molecule has 2 heterocycles. The summed E-state index contributed by atoms with van der Waals surface area (Å²) in [6.45, 7) is 2.65. The van der Waals surface area contributed by atoms with Gasteiger partial charge in [0.1, 0.15) is 18.3 Å². The molecule has 3 rings (SSSR count). The van der Waals surface area contributed by atoms with E-state index in [1.165, 1.54) is 27.3 Å². The van der Waals surface area contributed by atoms with E-state index in [-0.39, 0.29) is 18.0 Å². The van der Waals surface area contributed by atoms with Crippen molar-refractivity contribution >= 4 is 16.9 Å². The maximum absolute atomic E-state index is 12.3. The number of nitrogens with one attached hydrogen (secondary N) is 1. The van der Waals surface area contributed by atoms with Crippen LogP contribution in [-0.2, 0) is 18.4 Å². The average Bonchev–Trinajstić information content (AvgIpc) is 3.00. The number of hydrogen-bond acceptors (Lipinski definition) is 4. The fraction of sp³-hybridized carbons (Fsp3) is 0.333. The van der Waals surface area contributed by atoms with E-state index >= 15 is 0 Å². The van der Waals surface area contributed by atoms with Gasteiger partial charge in [-0.15, -0.1) is 0 Å². The summed E-state index contributed by atoms with van der Waals surface area (Å²) in [7, 11) is 1.72. The molecule has 1 atom stereocenters. The monoisotopic (exact) mass is 339 g/mol. The van der Waals surface area contributed by atoms with Crippen molar-refractivity contribution in [2.75, 3.05) is 6.54 Å². The van der Waals surface area contributed by atoms with E-state index in [0.29, 0.717) is 23.5 Å². The number of fused-ring (bicyclic) bond motifs is 1. The van der Waals surface area contributed by atoms with E-state index < -0.39 is 0 Å². The van der Waals surface area contributed by atoms with Crippen molar-refractivity contribution in [2.45, 2.75) is 25.8 Å². The Morgan fingerprint density at radius 3 is 2.80 bits per heavy atom. The molecule has 0 saturated carbocycles. The fourth-order valence-corrected chi connectivity index (χ4v) is 2.77. The third-order valence-electron chi connectivity index (χ3n) is 4.30. The van der Waals surface area contributed by atoms with Crippen LogP contribution >= 0.6 is 0 Å². The maximum atomic E-state index is 12.3. The van der Waals surface area contributed by atoms with Crippen LogP contribution in [0, 0.1) is 0 Å². The van der Waals surface area contributed by atoms with Gasteiger partial charge in [0.15, 0.2) is 5.65 Å². The first-order chi connectivity index (χ1) is 12.1. The van der Waals surface area contributed by atoms with Crippen molar-refractivity contribution in [3.8, 4) is 0 Å². The van der Waals surface area contributed by atoms with Gasteiger partial charge in [-0.2, -0.15) is 5.10 Å². The van der Waals surface area contributed by atoms with Gasteiger partial charge in [-0.1, -0.05) is 37.3 Å². The topological polar surface area (TPSA) is 81.8 Å². The van der Waals surface area contributed by atoms with E-state index in [0.717, 1.165) is 6.42 Å². The molecule has 1 amide bonds. The normalized spacial score (nSPS) is 12.2. The average molecular weight is 339 g/mol. The molecule has 0 unspecified atom stereocenters. The lowest BCUT2D eigenvalue weighted by Crippen LogP contribution is -2.33. The number of hydrogen-bond donors (Lipinski definition) is 1. The zero-order valence-corrected chi connectivity index (χ0v) is 14.3. The summed E-state index contributed by atoms with van der Waals surface area (Å²) < 4.78 is 2.84. The summed E-state index contributed by atoms with van der Waals surface area (Å²) in [5.41, 5.74) is 1.50. The lowest BCUT2D eigenvalue weighted by Gasteiger charge is -2.12. The molecular formula is C18H21N5O2. The Labute approximate surface area is 145 Å². The number of aromatic nitrogens is 4. The van der Waals surface area contributed by atoms with E-state index in [9.17, 15) is 9.59 Å².